The molecule has 14 heavy (non-hydrogen) atoms. The number of nitrogens with one attached hydrogen (secondary N) is 2. The van der Waals surface area contributed by atoms with E-state index in [9.17, 15) is 13.2 Å². The molecule has 75 valence electrons. The predicted molar refractivity (Wildman–Crippen MR) is 54.2 cm³/mol. The average Bonchev–Trinajstić information content (AvgIpc) is 2.06. The molecule has 0 aliphatic rings. The minimum absolute atomic E-state index is 0.448. The fourth-order valence-corrected chi connectivity index (χ4v) is 1.46. The van der Waals surface area contributed by atoms with Crippen molar-refractivity contribution in [1.29, 1.82) is 0 Å². The second-order valence-electron chi connectivity index (χ2n) is 2.68. The molecule has 5 nitrogen and oxygen atoms in total. The van der Waals surface area contributed by atoms with Gasteiger partial charge in [0.15, 0.2) is 0 Å². The van der Waals surface area contributed by atoms with Crippen LogP contribution in [0.25, 0.3) is 0 Å². The number of amides is 1. The van der Waals surface area contributed by atoms with Crippen LogP contribution in [0.3, 0.4) is 0 Å². The Morgan fingerprint density at radius 1 is 1.14 bits per heavy atom. The van der Waals surface area contributed by atoms with E-state index in [0.29, 0.717) is 11.4 Å². The van der Waals surface area contributed by atoms with E-state index in [1.165, 1.54) is 6.41 Å². The van der Waals surface area contributed by atoms with Crippen LogP contribution < -0.4 is 10.0 Å². The van der Waals surface area contributed by atoms with Gasteiger partial charge in [-0.3, -0.25) is 9.52 Å². The Balaban J connectivity index is 2.78. The molecule has 0 spiro atoms. The van der Waals surface area contributed by atoms with Gasteiger partial charge in [0.1, 0.15) is 0 Å². The van der Waals surface area contributed by atoms with Gasteiger partial charge in [-0.1, -0.05) is 0 Å². The molecule has 0 bridgehead atoms. The smallest absolute Gasteiger partial charge is 0.314 e. The normalized spacial score (nSPS) is 10.6. The zero-order valence-electron chi connectivity index (χ0n) is 7.44. The Hall–Kier alpha value is -1.56. The first kappa shape index (κ1) is 10.5. The lowest BCUT2D eigenvalue weighted by Crippen LogP contribution is -2.09. The van der Waals surface area contributed by atoms with Crippen LogP contribution in [-0.2, 0) is 14.8 Å². The van der Waals surface area contributed by atoms with Crippen molar-refractivity contribution in [3.05, 3.63) is 24.3 Å². The van der Waals surface area contributed by atoms with Crippen LogP contribution in [0.5, 0.6) is 0 Å². The zero-order valence-corrected chi connectivity index (χ0v) is 8.26. The maximum Gasteiger partial charge on any atom is 0.314 e. The summed E-state index contributed by atoms with van der Waals surface area (Å²) in [6.45, 7) is 0. The fourth-order valence-electron chi connectivity index (χ4n) is 0.895. The maximum absolute atomic E-state index is 10.8. The van der Waals surface area contributed by atoms with Gasteiger partial charge in [-0.05, 0) is 24.3 Å². The topological polar surface area (TPSA) is 75.3 Å². The van der Waals surface area contributed by atoms with E-state index in [1.54, 1.807) is 24.3 Å². The molecule has 0 aliphatic heterocycles. The molecule has 0 fully saturated rings. The van der Waals surface area contributed by atoms with Crippen LogP contribution in [0, 0.1) is 0 Å². The summed E-state index contributed by atoms with van der Waals surface area (Å²) >= 11 is 0. The van der Waals surface area contributed by atoms with Crippen LogP contribution >= 0.6 is 0 Å². The number of carbonyl (C=O) groups excluding carboxylic acids is 1. The standard InChI is InChI=1S/C8H9N2O3S/c1-14(12,13)10-8-4-2-7(3-5-8)9-6-11/h2-5,10H,1H3,(H,9,11). The molecule has 0 saturated heterocycles. The molecule has 1 rings (SSSR count). The molecule has 0 unspecified atom stereocenters. The summed E-state index contributed by atoms with van der Waals surface area (Å²) in [4.78, 5) is 9.94. The molecule has 0 aliphatic carbocycles. The van der Waals surface area contributed by atoms with Gasteiger partial charge in [-0.2, -0.15) is 0 Å². The third kappa shape index (κ3) is 3.44. The third-order valence-corrected chi connectivity index (χ3v) is 1.99. The number of benzene rings is 1. The minimum atomic E-state index is -3.25. The predicted octanol–water partition coefficient (Wildman–Crippen LogP) is 0.537. The van der Waals surface area contributed by atoms with Gasteiger partial charge in [0.05, 0.1) is 6.26 Å². The largest absolute Gasteiger partial charge is 0.318 e. The van der Waals surface area contributed by atoms with Gasteiger partial charge in [-0.15, -0.1) is 0 Å². The molecule has 0 atom stereocenters. The summed E-state index contributed by atoms with van der Waals surface area (Å²) in [6, 6.07) is 6.22. The second kappa shape index (κ2) is 4.10. The summed E-state index contributed by atoms with van der Waals surface area (Å²) in [5.74, 6) is 0. The van der Waals surface area contributed by atoms with Gasteiger partial charge in [0, 0.05) is 11.4 Å². The van der Waals surface area contributed by atoms with Gasteiger partial charge < -0.3 is 5.32 Å². The van der Waals surface area contributed by atoms with Crippen molar-refractivity contribution in [3.8, 4) is 0 Å². The fraction of sp³-hybridized carbons (Fsp3) is 0.125. The first-order chi connectivity index (χ1) is 6.51. The van der Waals surface area contributed by atoms with Gasteiger partial charge in [0.25, 0.3) is 0 Å². The third-order valence-electron chi connectivity index (χ3n) is 1.38. The highest BCUT2D eigenvalue weighted by atomic mass is 32.2. The average molecular weight is 213 g/mol. The Morgan fingerprint density at radius 2 is 1.64 bits per heavy atom. The first-order valence-electron chi connectivity index (χ1n) is 3.72. The molecular weight excluding hydrogens is 204 g/mol. The van der Waals surface area contributed by atoms with Gasteiger partial charge in [0.2, 0.25) is 10.0 Å². The highest BCUT2D eigenvalue weighted by Crippen LogP contribution is 2.13. The first-order valence-corrected chi connectivity index (χ1v) is 5.61. The van der Waals surface area contributed by atoms with E-state index in [-0.39, 0.29) is 0 Å². The number of hydrogen-bond donors (Lipinski definition) is 2. The maximum atomic E-state index is 10.8. The summed E-state index contributed by atoms with van der Waals surface area (Å²) in [6.07, 6.45) is 2.58. The molecule has 2 N–H and O–H groups in total. The number of hydrogen-bond acceptors (Lipinski definition) is 3. The molecule has 0 heterocycles. The zero-order chi connectivity index (χ0) is 10.6. The van der Waals surface area contributed by atoms with Crippen molar-refractivity contribution in [2.75, 3.05) is 16.3 Å². The molecule has 6 heteroatoms. The molecular formula is C8H9N2O3S. The van der Waals surface area contributed by atoms with Crippen molar-refractivity contribution in [3.63, 3.8) is 0 Å². The SMILES string of the molecule is CS(=O)(=O)Nc1ccc(N[C]=O)cc1. The van der Waals surface area contributed by atoms with Crippen LogP contribution in [0.2, 0.25) is 0 Å². The Labute approximate surface area is 82.2 Å². The van der Waals surface area contributed by atoms with Crippen LogP contribution in [-0.4, -0.2) is 21.1 Å². The highest BCUT2D eigenvalue weighted by molar-refractivity contribution is 7.92. The van der Waals surface area contributed by atoms with Crippen LogP contribution in [0.4, 0.5) is 11.4 Å². The monoisotopic (exact) mass is 213 g/mol. The van der Waals surface area contributed by atoms with E-state index in [0.717, 1.165) is 6.26 Å². The summed E-state index contributed by atoms with van der Waals surface area (Å²) < 4.78 is 23.9. The minimum Gasteiger partial charge on any atom is -0.318 e. The number of rotatable bonds is 4. The summed E-state index contributed by atoms with van der Waals surface area (Å²) in [5, 5.41) is 2.31. The van der Waals surface area contributed by atoms with Crippen LogP contribution in [0.15, 0.2) is 24.3 Å². The second-order valence-corrected chi connectivity index (χ2v) is 4.43. The summed E-state index contributed by atoms with van der Waals surface area (Å²) in [7, 11) is -3.25. The van der Waals surface area contributed by atoms with Crippen molar-refractivity contribution in [2.45, 2.75) is 0 Å². The van der Waals surface area contributed by atoms with E-state index >= 15 is 0 Å². The molecule has 1 aromatic rings. The lowest BCUT2D eigenvalue weighted by atomic mass is 10.3. The van der Waals surface area contributed by atoms with E-state index < -0.39 is 10.0 Å². The van der Waals surface area contributed by atoms with E-state index in [2.05, 4.69) is 10.0 Å². The van der Waals surface area contributed by atoms with E-state index in [1.807, 2.05) is 0 Å². The number of sulfonamides is 1. The Kier molecular flexibility index (Phi) is 3.08. The molecule has 0 saturated carbocycles. The van der Waals surface area contributed by atoms with Crippen molar-refractivity contribution >= 4 is 27.8 Å². The number of anilines is 2. The lowest BCUT2D eigenvalue weighted by Gasteiger charge is -2.03. The van der Waals surface area contributed by atoms with Crippen molar-refractivity contribution in [2.24, 2.45) is 0 Å². The van der Waals surface area contributed by atoms with Crippen molar-refractivity contribution in [1.82, 2.24) is 0 Å². The highest BCUT2D eigenvalue weighted by Gasteiger charge is 2.00. The quantitative estimate of drug-likeness (QED) is 0.717. The molecule has 1 radical (unpaired) electrons. The molecule has 1 amide bonds. The molecule has 1 aromatic carbocycles. The molecule has 0 aromatic heterocycles. The Morgan fingerprint density at radius 3 is 2.07 bits per heavy atom. The van der Waals surface area contributed by atoms with Crippen LogP contribution in [0.1, 0.15) is 0 Å². The summed E-state index contributed by atoms with van der Waals surface area (Å²) in [5.41, 5.74) is 1.00. The van der Waals surface area contributed by atoms with E-state index in [4.69, 9.17) is 0 Å². The lowest BCUT2D eigenvalue weighted by molar-refractivity contribution is 0.561. The Bertz CT molecular complexity index is 411. The van der Waals surface area contributed by atoms with Gasteiger partial charge in [-0.25, -0.2) is 8.42 Å². The van der Waals surface area contributed by atoms with Gasteiger partial charge >= 0.3 is 6.41 Å². The van der Waals surface area contributed by atoms with Crippen molar-refractivity contribution < 1.29 is 13.2 Å².